The molecule has 0 unspecified atom stereocenters. The maximum Gasteiger partial charge on any atom is 0.351 e. The number of nitrogens with one attached hydrogen (secondary N) is 1. The van der Waals surface area contributed by atoms with Crippen molar-refractivity contribution in [2.75, 3.05) is 12.4 Å². The van der Waals surface area contributed by atoms with Gasteiger partial charge in [-0.25, -0.2) is 18.9 Å². The Hall–Kier alpha value is -3.66. The van der Waals surface area contributed by atoms with Crippen LogP contribution in [0.1, 0.15) is 0 Å². The number of rotatable bonds is 6. The zero-order valence-electron chi connectivity index (χ0n) is 15.8. The summed E-state index contributed by atoms with van der Waals surface area (Å²) in [7, 11) is 1.55. The fraction of sp³-hybridized carbons (Fsp3) is 0.100. The van der Waals surface area contributed by atoms with Crippen molar-refractivity contribution in [3.63, 3.8) is 0 Å². The van der Waals surface area contributed by atoms with Crippen LogP contribution in [0, 0.1) is 0 Å². The summed E-state index contributed by atoms with van der Waals surface area (Å²) in [4.78, 5) is 29.2. The summed E-state index contributed by atoms with van der Waals surface area (Å²) in [6.07, 6.45) is 2.89. The molecule has 2 heterocycles. The molecule has 0 spiro atoms. The molecule has 2 aromatic carbocycles. The van der Waals surface area contributed by atoms with Gasteiger partial charge in [-0.05, 0) is 36.4 Å². The summed E-state index contributed by atoms with van der Waals surface area (Å²) in [6.45, 7) is -0.255. The van der Waals surface area contributed by atoms with Crippen LogP contribution in [0.5, 0.6) is 17.4 Å². The first-order valence-corrected chi connectivity index (χ1v) is 9.64. The molecule has 152 valence electrons. The van der Waals surface area contributed by atoms with Crippen LogP contribution in [0.4, 0.5) is 5.69 Å². The molecule has 1 N–H and O–H groups in total. The lowest BCUT2D eigenvalue weighted by Crippen LogP contribution is -2.28. The van der Waals surface area contributed by atoms with Gasteiger partial charge in [0, 0.05) is 28.6 Å². The van der Waals surface area contributed by atoms with Gasteiger partial charge in [-0.2, -0.15) is 0 Å². The second kappa shape index (κ2) is 8.37. The van der Waals surface area contributed by atoms with E-state index in [9.17, 15) is 9.59 Å². The highest BCUT2D eigenvalue weighted by Crippen LogP contribution is 2.25. The Balaban J connectivity index is 1.58. The van der Waals surface area contributed by atoms with Crippen molar-refractivity contribution in [2.45, 2.75) is 6.54 Å². The van der Waals surface area contributed by atoms with E-state index in [-0.39, 0.29) is 24.0 Å². The quantitative estimate of drug-likeness (QED) is 0.465. The molecule has 4 rings (SSSR count). The number of methoxy groups -OCH3 is 1. The van der Waals surface area contributed by atoms with Crippen LogP contribution < -0.4 is 20.5 Å². The molecule has 9 nitrogen and oxygen atoms in total. The molecule has 0 fully saturated rings. The van der Waals surface area contributed by atoms with E-state index in [1.165, 1.54) is 16.8 Å². The first-order valence-electron chi connectivity index (χ1n) is 8.85. The minimum Gasteiger partial charge on any atom is -0.497 e. The number of halogens is 1. The molecule has 0 aliphatic heterocycles. The summed E-state index contributed by atoms with van der Waals surface area (Å²) >= 11 is 3.34. The number of carbonyl (C=O) groups is 1. The molecule has 0 saturated heterocycles. The van der Waals surface area contributed by atoms with Gasteiger partial charge >= 0.3 is 5.69 Å². The second-order valence-corrected chi connectivity index (χ2v) is 7.12. The van der Waals surface area contributed by atoms with Gasteiger partial charge in [-0.3, -0.25) is 4.79 Å². The summed E-state index contributed by atoms with van der Waals surface area (Å²) in [6, 6.07) is 14.1. The van der Waals surface area contributed by atoms with Crippen LogP contribution in [-0.4, -0.2) is 32.2 Å². The van der Waals surface area contributed by atoms with Crippen LogP contribution in [0.2, 0.25) is 0 Å². The van der Waals surface area contributed by atoms with Gasteiger partial charge in [0.25, 0.3) is 5.88 Å². The van der Waals surface area contributed by atoms with Crippen LogP contribution in [0.3, 0.4) is 0 Å². The molecule has 2 aromatic heterocycles. The summed E-state index contributed by atoms with van der Waals surface area (Å²) < 4.78 is 14.2. The number of benzene rings is 2. The number of ether oxygens (including phenoxy) is 2. The number of fused-ring (bicyclic) bond motifs is 1. The smallest absolute Gasteiger partial charge is 0.351 e. The van der Waals surface area contributed by atoms with Crippen LogP contribution in [-0.2, 0) is 11.3 Å². The lowest BCUT2D eigenvalue weighted by molar-refractivity contribution is -0.117. The number of anilines is 1. The fourth-order valence-corrected chi connectivity index (χ4v) is 3.01. The lowest BCUT2D eigenvalue weighted by atomic mass is 10.3. The summed E-state index contributed by atoms with van der Waals surface area (Å²) in [5.41, 5.74) is 0.333. The minimum atomic E-state index is -0.478. The standard InChI is InChI=1S/C20H16BrN5O4/c1-29-15-3-2-4-16(11-15)30-19-18-24-26(20(28)25(18)10-9-22-19)12-17(27)23-14-7-5-13(21)6-8-14/h2-11H,12H2,1H3,(H,23,27). The van der Waals surface area contributed by atoms with Crippen molar-refractivity contribution in [3.8, 4) is 17.4 Å². The minimum absolute atomic E-state index is 0.134. The first kappa shape index (κ1) is 19.6. The topological polar surface area (TPSA) is 99.8 Å². The molecule has 0 aliphatic carbocycles. The molecule has 0 radical (unpaired) electrons. The average molecular weight is 470 g/mol. The zero-order chi connectivity index (χ0) is 21.1. The monoisotopic (exact) mass is 469 g/mol. The molecule has 0 saturated carbocycles. The van der Waals surface area contributed by atoms with Crippen molar-refractivity contribution in [1.82, 2.24) is 19.2 Å². The van der Waals surface area contributed by atoms with E-state index in [4.69, 9.17) is 9.47 Å². The van der Waals surface area contributed by atoms with E-state index < -0.39 is 5.69 Å². The van der Waals surface area contributed by atoms with E-state index in [1.807, 2.05) is 0 Å². The van der Waals surface area contributed by atoms with Gasteiger partial charge in [-0.15, -0.1) is 5.10 Å². The predicted octanol–water partition coefficient (Wildman–Crippen LogP) is 3.09. The van der Waals surface area contributed by atoms with Crippen LogP contribution in [0.15, 0.2) is 70.2 Å². The molecular formula is C20H16BrN5O4. The number of hydrogen-bond donors (Lipinski definition) is 1. The molecule has 1 amide bonds. The maximum atomic E-state index is 12.6. The van der Waals surface area contributed by atoms with Gasteiger partial charge in [0.05, 0.1) is 7.11 Å². The fourth-order valence-electron chi connectivity index (χ4n) is 2.75. The molecule has 0 aliphatic rings. The van der Waals surface area contributed by atoms with E-state index in [0.717, 1.165) is 9.15 Å². The van der Waals surface area contributed by atoms with Crippen molar-refractivity contribution in [1.29, 1.82) is 0 Å². The Morgan fingerprint density at radius 1 is 1.17 bits per heavy atom. The van der Waals surface area contributed by atoms with Gasteiger partial charge < -0.3 is 14.8 Å². The van der Waals surface area contributed by atoms with E-state index in [0.29, 0.717) is 17.2 Å². The van der Waals surface area contributed by atoms with E-state index in [1.54, 1.807) is 55.6 Å². The van der Waals surface area contributed by atoms with Crippen LogP contribution in [0.25, 0.3) is 5.65 Å². The number of amides is 1. The second-order valence-electron chi connectivity index (χ2n) is 6.20. The highest BCUT2D eigenvalue weighted by molar-refractivity contribution is 9.10. The van der Waals surface area contributed by atoms with Gasteiger partial charge in [-0.1, -0.05) is 22.0 Å². The average Bonchev–Trinajstić information content (AvgIpc) is 3.06. The number of nitrogens with zero attached hydrogens (tertiary/aromatic N) is 4. The molecule has 30 heavy (non-hydrogen) atoms. The van der Waals surface area contributed by atoms with Crippen molar-refractivity contribution in [3.05, 3.63) is 75.9 Å². The Morgan fingerprint density at radius 3 is 2.70 bits per heavy atom. The molecule has 0 atom stereocenters. The largest absolute Gasteiger partial charge is 0.497 e. The highest BCUT2D eigenvalue weighted by atomic mass is 79.9. The predicted molar refractivity (Wildman–Crippen MR) is 113 cm³/mol. The molecular weight excluding hydrogens is 454 g/mol. The first-order chi connectivity index (χ1) is 14.5. The molecule has 10 heteroatoms. The molecule has 4 aromatic rings. The lowest BCUT2D eigenvalue weighted by Gasteiger charge is -2.06. The van der Waals surface area contributed by atoms with Gasteiger partial charge in [0.2, 0.25) is 11.6 Å². The Kier molecular flexibility index (Phi) is 5.48. The number of aromatic nitrogens is 4. The number of carbonyl (C=O) groups excluding carboxylic acids is 1. The SMILES string of the molecule is COc1cccc(Oc2nccn3c(=O)n(CC(=O)Nc4ccc(Br)cc4)nc23)c1. The molecule has 0 bridgehead atoms. The number of hydrogen-bond acceptors (Lipinski definition) is 6. The third-order valence-electron chi connectivity index (χ3n) is 4.15. The van der Waals surface area contributed by atoms with Crippen LogP contribution >= 0.6 is 15.9 Å². The third kappa shape index (κ3) is 4.18. The maximum absolute atomic E-state index is 12.6. The van der Waals surface area contributed by atoms with Crippen molar-refractivity contribution < 1.29 is 14.3 Å². The Morgan fingerprint density at radius 2 is 1.93 bits per heavy atom. The normalized spacial score (nSPS) is 10.7. The van der Waals surface area contributed by atoms with Gasteiger partial charge in [0.15, 0.2) is 0 Å². The third-order valence-corrected chi connectivity index (χ3v) is 4.68. The van der Waals surface area contributed by atoms with Gasteiger partial charge in [0.1, 0.15) is 18.0 Å². The Bertz CT molecular complexity index is 1270. The highest BCUT2D eigenvalue weighted by Gasteiger charge is 2.16. The van der Waals surface area contributed by atoms with Crippen molar-refractivity contribution >= 4 is 33.2 Å². The van der Waals surface area contributed by atoms with Crippen molar-refractivity contribution in [2.24, 2.45) is 0 Å². The van der Waals surface area contributed by atoms with E-state index >= 15 is 0 Å². The summed E-state index contributed by atoms with van der Waals surface area (Å²) in [5.74, 6) is 0.845. The summed E-state index contributed by atoms with van der Waals surface area (Å²) in [5, 5.41) is 6.95. The van der Waals surface area contributed by atoms with E-state index in [2.05, 4.69) is 31.3 Å². The zero-order valence-corrected chi connectivity index (χ0v) is 17.4. The Labute approximate surface area is 179 Å².